The Labute approximate surface area is 118 Å². The average molecular weight is 326 g/mol. The van der Waals surface area contributed by atoms with Crippen molar-refractivity contribution in [3.8, 4) is 0 Å². The first kappa shape index (κ1) is 12.9. The normalized spacial score (nSPS) is 10.1. The molecular formula is C13H10BrClN2O. The van der Waals surface area contributed by atoms with Gasteiger partial charge in [-0.25, -0.2) is 0 Å². The van der Waals surface area contributed by atoms with Crippen LogP contribution >= 0.6 is 27.5 Å². The molecule has 2 rings (SSSR count). The van der Waals surface area contributed by atoms with Crippen LogP contribution in [0.2, 0.25) is 5.02 Å². The van der Waals surface area contributed by atoms with Crippen molar-refractivity contribution >= 4 is 44.8 Å². The molecule has 3 N–H and O–H groups in total. The summed E-state index contributed by atoms with van der Waals surface area (Å²) in [4.78, 5) is 12.0. The van der Waals surface area contributed by atoms with E-state index in [-0.39, 0.29) is 5.91 Å². The van der Waals surface area contributed by atoms with Gasteiger partial charge in [-0.1, -0.05) is 23.7 Å². The molecule has 0 atom stereocenters. The molecule has 1 amide bonds. The van der Waals surface area contributed by atoms with Gasteiger partial charge in [-0.3, -0.25) is 4.79 Å². The van der Waals surface area contributed by atoms with Crippen molar-refractivity contribution < 1.29 is 4.79 Å². The van der Waals surface area contributed by atoms with E-state index in [0.29, 0.717) is 22.0 Å². The highest BCUT2D eigenvalue weighted by atomic mass is 79.9. The molecule has 18 heavy (non-hydrogen) atoms. The molecule has 0 aromatic heterocycles. The number of hydrogen-bond donors (Lipinski definition) is 2. The molecule has 0 radical (unpaired) electrons. The number of carbonyl (C=O) groups excluding carboxylic acids is 1. The van der Waals surface area contributed by atoms with E-state index in [1.165, 1.54) is 0 Å². The maximum Gasteiger partial charge on any atom is 0.257 e. The SMILES string of the molecule is Nc1ccccc1C(=O)Nc1cc(Cl)ccc1Br. The Morgan fingerprint density at radius 3 is 2.67 bits per heavy atom. The number of anilines is 2. The summed E-state index contributed by atoms with van der Waals surface area (Å²) in [6.45, 7) is 0. The largest absolute Gasteiger partial charge is 0.398 e. The molecular weight excluding hydrogens is 316 g/mol. The van der Waals surface area contributed by atoms with Gasteiger partial charge in [-0.15, -0.1) is 0 Å². The highest BCUT2D eigenvalue weighted by molar-refractivity contribution is 9.10. The lowest BCUT2D eigenvalue weighted by molar-refractivity contribution is 0.102. The van der Waals surface area contributed by atoms with Crippen molar-refractivity contribution in [2.75, 3.05) is 11.1 Å². The van der Waals surface area contributed by atoms with E-state index in [1.54, 1.807) is 42.5 Å². The van der Waals surface area contributed by atoms with Crippen molar-refractivity contribution in [1.29, 1.82) is 0 Å². The predicted molar refractivity (Wildman–Crippen MR) is 78.0 cm³/mol. The molecule has 3 nitrogen and oxygen atoms in total. The van der Waals surface area contributed by atoms with E-state index < -0.39 is 0 Å². The van der Waals surface area contributed by atoms with Gasteiger partial charge in [-0.05, 0) is 46.3 Å². The van der Waals surface area contributed by atoms with Crippen LogP contribution in [0.25, 0.3) is 0 Å². The summed E-state index contributed by atoms with van der Waals surface area (Å²) in [5.41, 5.74) is 7.22. The zero-order chi connectivity index (χ0) is 13.1. The minimum absolute atomic E-state index is 0.268. The highest BCUT2D eigenvalue weighted by Crippen LogP contribution is 2.26. The van der Waals surface area contributed by atoms with Crippen molar-refractivity contribution in [3.05, 3.63) is 57.5 Å². The topological polar surface area (TPSA) is 55.1 Å². The monoisotopic (exact) mass is 324 g/mol. The predicted octanol–water partition coefficient (Wildman–Crippen LogP) is 3.94. The fraction of sp³-hybridized carbons (Fsp3) is 0. The van der Waals surface area contributed by atoms with Gasteiger partial charge < -0.3 is 11.1 Å². The molecule has 0 saturated heterocycles. The number of carbonyl (C=O) groups is 1. The standard InChI is InChI=1S/C13H10BrClN2O/c14-10-6-5-8(15)7-12(10)17-13(18)9-3-1-2-4-11(9)16/h1-7H,16H2,(H,17,18). The van der Waals surface area contributed by atoms with E-state index in [2.05, 4.69) is 21.2 Å². The van der Waals surface area contributed by atoms with Crippen molar-refractivity contribution in [3.63, 3.8) is 0 Å². The summed E-state index contributed by atoms with van der Waals surface area (Å²) in [6.07, 6.45) is 0. The van der Waals surface area contributed by atoms with Gasteiger partial charge in [0.25, 0.3) is 5.91 Å². The number of nitrogens with two attached hydrogens (primary N) is 1. The van der Waals surface area contributed by atoms with Gasteiger partial charge >= 0.3 is 0 Å². The molecule has 2 aromatic rings. The Kier molecular flexibility index (Phi) is 3.89. The third kappa shape index (κ3) is 2.83. The fourth-order valence-corrected chi connectivity index (χ4v) is 2.00. The minimum Gasteiger partial charge on any atom is -0.398 e. The first-order chi connectivity index (χ1) is 8.58. The third-order valence-electron chi connectivity index (χ3n) is 2.38. The quantitative estimate of drug-likeness (QED) is 0.822. The second kappa shape index (κ2) is 5.42. The number of amides is 1. The molecule has 0 unspecified atom stereocenters. The second-order valence-electron chi connectivity index (χ2n) is 3.67. The number of benzene rings is 2. The Morgan fingerprint density at radius 2 is 1.94 bits per heavy atom. The van der Waals surface area contributed by atoms with E-state index in [0.717, 1.165) is 4.47 Å². The molecule has 0 aliphatic carbocycles. The zero-order valence-electron chi connectivity index (χ0n) is 9.28. The van der Waals surface area contributed by atoms with Gasteiger partial charge in [0.2, 0.25) is 0 Å². The highest BCUT2D eigenvalue weighted by Gasteiger charge is 2.11. The summed E-state index contributed by atoms with van der Waals surface area (Å²) in [7, 11) is 0. The number of hydrogen-bond acceptors (Lipinski definition) is 2. The van der Waals surface area contributed by atoms with Crippen LogP contribution in [-0.2, 0) is 0 Å². The van der Waals surface area contributed by atoms with Crippen molar-refractivity contribution in [1.82, 2.24) is 0 Å². The molecule has 0 aliphatic rings. The molecule has 0 aliphatic heterocycles. The Balaban J connectivity index is 2.27. The van der Waals surface area contributed by atoms with Crippen LogP contribution in [0.3, 0.4) is 0 Å². The summed E-state index contributed by atoms with van der Waals surface area (Å²) < 4.78 is 0.759. The summed E-state index contributed by atoms with van der Waals surface area (Å²) in [6, 6.07) is 12.1. The van der Waals surface area contributed by atoms with Crippen LogP contribution in [-0.4, -0.2) is 5.91 Å². The Morgan fingerprint density at radius 1 is 1.22 bits per heavy atom. The van der Waals surface area contributed by atoms with Crippen LogP contribution in [0.15, 0.2) is 46.9 Å². The lowest BCUT2D eigenvalue weighted by atomic mass is 10.1. The molecule has 5 heteroatoms. The number of halogens is 2. The number of para-hydroxylation sites is 1. The van der Waals surface area contributed by atoms with E-state index in [4.69, 9.17) is 17.3 Å². The van der Waals surface area contributed by atoms with Gasteiger partial charge in [0.05, 0.1) is 11.3 Å². The first-order valence-electron chi connectivity index (χ1n) is 5.19. The van der Waals surface area contributed by atoms with Crippen LogP contribution < -0.4 is 11.1 Å². The molecule has 0 heterocycles. The number of nitrogens with one attached hydrogen (secondary N) is 1. The van der Waals surface area contributed by atoms with Crippen molar-refractivity contribution in [2.24, 2.45) is 0 Å². The lowest BCUT2D eigenvalue weighted by Gasteiger charge is -2.09. The maximum absolute atomic E-state index is 12.0. The van der Waals surface area contributed by atoms with Crippen LogP contribution in [0, 0.1) is 0 Å². The molecule has 92 valence electrons. The van der Waals surface area contributed by atoms with Crippen LogP contribution in [0.5, 0.6) is 0 Å². The third-order valence-corrected chi connectivity index (χ3v) is 3.31. The molecule has 2 aromatic carbocycles. The second-order valence-corrected chi connectivity index (χ2v) is 4.96. The summed E-state index contributed by atoms with van der Waals surface area (Å²) in [5.74, 6) is -0.268. The van der Waals surface area contributed by atoms with Gasteiger partial charge in [0, 0.05) is 15.2 Å². The number of nitrogen functional groups attached to an aromatic ring is 1. The number of rotatable bonds is 2. The van der Waals surface area contributed by atoms with Gasteiger partial charge in [0.15, 0.2) is 0 Å². The van der Waals surface area contributed by atoms with Crippen molar-refractivity contribution in [2.45, 2.75) is 0 Å². The zero-order valence-corrected chi connectivity index (χ0v) is 11.6. The molecule has 0 bridgehead atoms. The summed E-state index contributed by atoms with van der Waals surface area (Å²) >= 11 is 9.23. The molecule has 0 saturated carbocycles. The Hall–Kier alpha value is -1.52. The first-order valence-corrected chi connectivity index (χ1v) is 6.36. The molecule has 0 fully saturated rings. The van der Waals surface area contributed by atoms with Gasteiger partial charge in [0.1, 0.15) is 0 Å². The maximum atomic E-state index is 12.0. The van der Waals surface area contributed by atoms with Crippen LogP contribution in [0.1, 0.15) is 10.4 Å². The Bertz CT molecular complexity index is 601. The average Bonchev–Trinajstić information content (AvgIpc) is 2.34. The minimum atomic E-state index is -0.268. The van der Waals surface area contributed by atoms with E-state index in [1.807, 2.05) is 0 Å². The smallest absolute Gasteiger partial charge is 0.257 e. The molecule has 0 spiro atoms. The van der Waals surface area contributed by atoms with Gasteiger partial charge in [-0.2, -0.15) is 0 Å². The summed E-state index contributed by atoms with van der Waals surface area (Å²) in [5, 5.41) is 3.31. The fourth-order valence-electron chi connectivity index (χ4n) is 1.49. The van der Waals surface area contributed by atoms with Crippen LogP contribution in [0.4, 0.5) is 11.4 Å². The lowest BCUT2D eigenvalue weighted by Crippen LogP contribution is -2.14. The van der Waals surface area contributed by atoms with E-state index in [9.17, 15) is 4.79 Å². The van der Waals surface area contributed by atoms with E-state index >= 15 is 0 Å².